The van der Waals surface area contributed by atoms with Crippen LogP contribution in [0.2, 0.25) is 0 Å². The second kappa shape index (κ2) is 9.58. The molecule has 8 heteroatoms. The van der Waals surface area contributed by atoms with Crippen LogP contribution in [0.15, 0.2) is 0 Å². The third-order valence-corrected chi connectivity index (χ3v) is 4.76. The first-order valence-electron chi connectivity index (χ1n) is 9.85. The van der Waals surface area contributed by atoms with Crippen LogP contribution in [0.3, 0.4) is 0 Å². The quantitative estimate of drug-likeness (QED) is 0.567. The molecule has 0 unspecified atom stereocenters. The number of carbonyl (C=O) groups is 3. The highest BCUT2D eigenvalue weighted by Gasteiger charge is 2.57. The second-order valence-corrected chi connectivity index (χ2v) is 8.91. The second-order valence-electron chi connectivity index (χ2n) is 8.91. The molecule has 1 fully saturated rings. The minimum atomic E-state index is -1.17. The minimum absolute atomic E-state index is 0.139. The highest BCUT2D eigenvalue weighted by molar-refractivity contribution is 5.93. The number of hydrogen-bond acceptors (Lipinski definition) is 5. The van der Waals surface area contributed by atoms with Crippen LogP contribution in [0.1, 0.15) is 60.3 Å². The fourth-order valence-electron chi connectivity index (χ4n) is 3.13. The molecule has 2 amide bonds. The van der Waals surface area contributed by atoms with E-state index in [4.69, 9.17) is 9.47 Å². The van der Waals surface area contributed by atoms with Crippen LogP contribution < -0.4 is 0 Å². The number of rotatable bonds is 10. The molecular weight excluding hydrogens is 364 g/mol. The van der Waals surface area contributed by atoms with Crippen LogP contribution in [0.4, 0.5) is 4.79 Å². The largest absolute Gasteiger partial charge is 0.479 e. The smallest absolute Gasteiger partial charge is 0.410 e. The van der Waals surface area contributed by atoms with Gasteiger partial charge in [-0.2, -0.15) is 0 Å². The number of carboxylic acids is 1. The Morgan fingerprint density at radius 2 is 1.75 bits per heavy atom. The lowest BCUT2D eigenvalue weighted by atomic mass is 10.00. The van der Waals surface area contributed by atoms with Crippen molar-refractivity contribution in [2.24, 2.45) is 5.92 Å². The van der Waals surface area contributed by atoms with E-state index < -0.39 is 29.2 Å². The number of likely N-dealkylation sites (N-methyl/N-ethyl adjacent to an activating group) is 1. The van der Waals surface area contributed by atoms with E-state index in [1.807, 2.05) is 13.8 Å². The van der Waals surface area contributed by atoms with Crippen molar-refractivity contribution >= 4 is 18.0 Å². The zero-order chi connectivity index (χ0) is 21.7. The van der Waals surface area contributed by atoms with E-state index in [2.05, 4.69) is 0 Å². The van der Waals surface area contributed by atoms with Gasteiger partial charge in [0, 0.05) is 27.3 Å². The maximum Gasteiger partial charge on any atom is 0.410 e. The fourth-order valence-corrected chi connectivity index (χ4v) is 3.13. The molecule has 0 spiro atoms. The molecule has 0 aromatic rings. The van der Waals surface area contributed by atoms with E-state index in [0.29, 0.717) is 32.3 Å². The molecule has 0 aliphatic heterocycles. The van der Waals surface area contributed by atoms with Crippen molar-refractivity contribution in [1.82, 2.24) is 9.80 Å². The van der Waals surface area contributed by atoms with E-state index in [1.54, 1.807) is 27.9 Å². The highest BCUT2D eigenvalue weighted by atomic mass is 16.6. The summed E-state index contributed by atoms with van der Waals surface area (Å²) < 4.78 is 10.5. The van der Waals surface area contributed by atoms with Gasteiger partial charge in [-0.3, -0.25) is 9.69 Å². The van der Waals surface area contributed by atoms with E-state index in [1.165, 1.54) is 16.8 Å². The van der Waals surface area contributed by atoms with Gasteiger partial charge in [0.05, 0.1) is 0 Å². The Labute approximate surface area is 168 Å². The van der Waals surface area contributed by atoms with E-state index in [9.17, 15) is 19.5 Å². The van der Waals surface area contributed by atoms with Gasteiger partial charge in [0.15, 0.2) is 0 Å². The molecule has 0 radical (unpaired) electrons. The normalized spacial score (nSPS) is 16.4. The number of ether oxygens (including phenoxy) is 2. The van der Waals surface area contributed by atoms with Gasteiger partial charge in [0.2, 0.25) is 5.91 Å². The molecule has 1 aliphatic rings. The standard InChI is InChI=1S/C20H36N2O6/c1-14(2)13-15(21(6)18(26)28-19(3,4)5)16(23)22(11-8-12-27-7)20(9-10-20)17(24)25/h14-15H,8-13H2,1-7H3,(H,24,25)/t15-/m0/s1. The molecule has 0 aromatic carbocycles. The summed E-state index contributed by atoms with van der Waals surface area (Å²) in [5, 5.41) is 9.71. The van der Waals surface area contributed by atoms with Crippen LogP contribution in [0.5, 0.6) is 0 Å². The molecule has 162 valence electrons. The molecule has 8 nitrogen and oxygen atoms in total. The summed E-state index contributed by atoms with van der Waals surface area (Å²) in [5.74, 6) is -1.21. The van der Waals surface area contributed by atoms with Crippen LogP contribution >= 0.6 is 0 Å². The summed E-state index contributed by atoms with van der Waals surface area (Å²) in [7, 11) is 3.10. The Balaban J connectivity index is 3.12. The van der Waals surface area contributed by atoms with Gasteiger partial charge in [-0.05, 0) is 52.4 Å². The number of carboxylic acid groups (broad SMARTS) is 1. The Morgan fingerprint density at radius 3 is 2.14 bits per heavy atom. The van der Waals surface area contributed by atoms with Crippen molar-refractivity contribution in [3.63, 3.8) is 0 Å². The molecule has 0 aromatic heterocycles. The number of hydrogen-bond donors (Lipinski definition) is 1. The predicted molar refractivity (Wildman–Crippen MR) is 105 cm³/mol. The monoisotopic (exact) mass is 400 g/mol. The van der Waals surface area contributed by atoms with Crippen LogP contribution in [0.25, 0.3) is 0 Å². The molecule has 1 atom stereocenters. The van der Waals surface area contributed by atoms with E-state index in [0.717, 1.165) is 0 Å². The summed E-state index contributed by atoms with van der Waals surface area (Å²) in [5.41, 5.74) is -1.86. The van der Waals surface area contributed by atoms with Crippen molar-refractivity contribution < 1.29 is 29.0 Å². The number of carbonyl (C=O) groups excluding carboxylic acids is 2. The van der Waals surface area contributed by atoms with Gasteiger partial charge in [-0.15, -0.1) is 0 Å². The van der Waals surface area contributed by atoms with E-state index in [-0.39, 0.29) is 18.4 Å². The van der Waals surface area contributed by atoms with Gasteiger partial charge in [0.1, 0.15) is 17.2 Å². The van der Waals surface area contributed by atoms with Crippen LogP contribution in [-0.4, -0.2) is 77.4 Å². The first kappa shape index (κ1) is 24.2. The van der Waals surface area contributed by atoms with Gasteiger partial charge in [-0.25, -0.2) is 9.59 Å². The summed E-state index contributed by atoms with van der Waals surface area (Å²) in [6.07, 6.45) is 1.20. The highest BCUT2D eigenvalue weighted by Crippen LogP contribution is 2.43. The predicted octanol–water partition coefficient (Wildman–Crippen LogP) is 2.75. The lowest BCUT2D eigenvalue weighted by molar-refractivity contribution is -0.155. The van der Waals surface area contributed by atoms with Crippen molar-refractivity contribution in [2.45, 2.75) is 77.5 Å². The Bertz CT molecular complexity index is 566. The number of amides is 2. The third-order valence-electron chi connectivity index (χ3n) is 4.76. The van der Waals surface area contributed by atoms with E-state index >= 15 is 0 Å². The minimum Gasteiger partial charge on any atom is -0.479 e. The molecule has 0 bridgehead atoms. The van der Waals surface area contributed by atoms with Crippen LogP contribution in [0, 0.1) is 5.92 Å². The molecule has 28 heavy (non-hydrogen) atoms. The first-order valence-corrected chi connectivity index (χ1v) is 9.85. The van der Waals surface area contributed by atoms with Gasteiger partial charge < -0.3 is 19.5 Å². The average molecular weight is 401 g/mol. The summed E-state index contributed by atoms with van der Waals surface area (Å²) >= 11 is 0. The van der Waals surface area contributed by atoms with Gasteiger partial charge in [-0.1, -0.05) is 13.8 Å². The maximum absolute atomic E-state index is 13.4. The third kappa shape index (κ3) is 6.36. The van der Waals surface area contributed by atoms with Crippen molar-refractivity contribution in [3.8, 4) is 0 Å². The van der Waals surface area contributed by atoms with Crippen molar-refractivity contribution in [3.05, 3.63) is 0 Å². The first-order chi connectivity index (χ1) is 12.9. The lowest BCUT2D eigenvalue weighted by Crippen LogP contribution is -2.56. The summed E-state index contributed by atoms with van der Waals surface area (Å²) in [6.45, 7) is 9.91. The summed E-state index contributed by atoms with van der Waals surface area (Å²) in [4.78, 5) is 40.6. The number of aliphatic carboxylic acids is 1. The zero-order valence-electron chi connectivity index (χ0n) is 18.3. The molecular formula is C20H36N2O6. The topological polar surface area (TPSA) is 96.4 Å². The van der Waals surface area contributed by atoms with Crippen molar-refractivity contribution in [2.75, 3.05) is 27.3 Å². The fraction of sp³-hybridized carbons (Fsp3) is 0.850. The zero-order valence-corrected chi connectivity index (χ0v) is 18.3. The van der Waals surface area contributed by atoms with Gasteiger partial charge in [0.25, 0.3) is 0 Å². The number of methoxy groups -OCH3 is 1. The average Bonchev–Trinajstić information content (AvgIpc) is 3.35. The molecule has 1 aliphatic carbocycles. The summed E-state index contributed by atoms with van der Waals surface area (Å²) in [6, 6.07) is -0.783. The molecule has 1 rings (SSSR count). The van der Waals surface area contributed by atoms with Crippen LogP contribution in [-0.2, 0) is 19.1 Å². The lowest BCUT2D eigenvalue weighted by Gasteiger charge is -2.37. The SMILES string of the molecule is COCCCN(C(=O)[C@H](CC(C)C)N(C)C(=O)OC(C)(C)C)C1(C(=O)O)CC1. The molecule has 1 saturated carbocycles. The Morgan fingerprint density at radius 1 is 1.18 bits per heavy atom. The Kier molecular flexibility index (Phi) is 8.29. The van der Waals surface area contributed by atoms with Gasteiger partial charge >= 0.3 is 12.1 Å². The maximum atomic E-state index is 13.4. The number of nitrogens with zero attached hydrogens (tertiary/aromatic N) is 2. The molecule has 0 saturated heterocycles. The van der Waals surface area contributed by atoms with Crippen molar-refractivity contribution in [1.29, 1.82) is 0 Å². The Hall–Kier alpha value is -1.83. The molecule has 0 heterocycles. The molecule has 1 N–H and O–H groups in total.